The normalized spacial score (nSPS) is 11.5. The number of nitrogens with one attached hydrogen (secondary N) is 2. The first-order valence-electron chi connectivity index (χ1n) is 23.3. The number of hydrogen-bond acceptors (Lipinski definition) is 6. The van der Waals surface area contributed by atoms with E-state index in [0.29, 0.717) is 57.1 Å². The third-order valence-electron chi connectivity index (χ3n) is 10.1. The number of unbranched alkanes of at least 4 members (excludes halogenated alkanes) is 22. The molecule has 0 aromatic rings. The number of hydrogen-bond donors (Lipinski definition) is 2. The lowest BCUT2D eigenvalue weighted by molar-refractivity contribution is -0.144. The van der Waals surface area contributed by atoms with Crippen molar-refractivity contribution in [3.05, 3.63) is 24.3 Å². The highest BCUT2D eigenvalue weighted by atomic mass is 32.1. The Morgan fingerprint density at radius 1 is 0.491 bits per heavy atom. The van der Waals surface area contributed by atoms with Crippen LogP contribution in [0.2, 0.25) is 0 Å². The number of carbonyl (C=O) groups excluding carboxylic acids is 2. The van der Waals surface area contributed by atoms with Crippen LogP contribution in [0, 0.1) is 0 Å². The lowest BCUT2D eigenvalue weighted by atomic mass is 10.1. The first kappa shape index (κ1) is 53.1. The van der Waals surface area contributed by atoms with Gasteiger partial charge in [0.1, 0.15) is 0 Å². The van der Waals surface area contributed by atoms with E-state index in [1.807, 2.05) is 7.05 Å². The van der Waals surface area contributed by atoms with Crippen molar-refractivity contribution in [2.45, 2.75) is 213 Å². The SMILES string of the molecule is CCCCCCCC/C=C\CCCCCCCC(=O)OCCCN(CCCOC(=O)CCCCCCC/C=C\CCCCCCCC)C(=S)NCCCNC. The maximum absolute atomic E-state index is 12.3. The fourth-order valence-electron chi connectivity index (χ4n) is 6.59. The van der Waals surface area contributed by atoms with Gasteiger partial charge in [0, 0.05) is 32.5 Å². The molecule has 55 heavy (non-hydrogen) atoms. The zero-order valence-corrected chi connectivity index (χ0v) is 37.3. The van der Waals surface area contributed by atoms with Crippen molar-refractivity contribution >= 4 is 29.3 Å². The zero-order chi connectivity index (χ0) is 40.1. The number of esters is 2. The quantitative estimate of drug-likeness (QED) is 0.0274. The molecule has 0 spiro atoms. The Balaban J connectivity index is 4.00. The molecule has 0 fully saturated rings. The van der Waals surface area contributed by atoms with E-state index in [4.69, 9.17) is 21.7 Å². The Morgan fingerprint density at radius 3 is 1.24 bits per heavy atom. The zero-order valence-electron chi connectivity index (χ0n) is 36.5. The number of thiocarbonyl (C=S) groups is 1. The lowest BCUT2D eigenvalue weighted by Gasteiger charge is -2.26. The minimum Gasteiger partial charge on any atom is -0.466 e. The van der Waals surface area contributed by atoms with Crippen LogP contribution in [-0.4, -0.2) is 68.4 Å². The number of nitrogens with zero attached hydrogens (tertiary/aromatic N) is 1. The maximum atomic E-state index is 12.3. The third kappa shape index (κ3) is 41.5. The summed E-state index contributed by atoms with van der Waals surface area (Å²) in [5.41, 5.74) is 0. The van der Waals surface area contributed by atoms with Gasteiger partial charge in [0.2, 0.25) is 0 Å². The molecule has 0 heterocycles. The second-order valence-electron chi connectivity index (χ2n) is 15.5. The van der Waals surface area contributed by atoms with Gasteiger partial charge in [-0.15, -0.1) is 0 Å². The predicted octanol–water partition coefficient (Wildman–Crippen LogP) is 12.7. The predicted molar refractivity (Wildman–Crippen MR) is 241 cm³/mol. The first-order chi connectivity index (χ1) is 27.0. The molecule has 0 atom stereocenters. The molecule has 0 aromatic heterocycles. The summed E-state index contributed by atoms with van der Waals surface area (Å²) in [6, 6.07) is 0. The smallest absolute Gasteiger partial charge is 0.305 e. The van der Waals surface area contributed by atoms with Crippen LogP contribution in [0.25, 0.3) is 0 Å². The van der Waals surface area contributed by atoms with Gasteiger partial charge in [-0.1, -0.05) is 141 Å². The lowest BCUT2D eigenvalue weighted by Crippen LogP contribution is -2.42. The van der Waals surface area contributed by atoms with Crippen molar-refractivity contribution in [3.63, 3.8) is 0 Å². The van der Waals surface area contributed by atoms with E-state index < -0.39 is 0 Å². The van der Waals surface area contributed by atoms with E-state index in [-0.39, 0.29) is 11.9 Å². The second kappa shape index (κ2) is 44.8. The molecule has 0 bridgehead atoms. The second-order valence-corrected chi connectivity index (χ2v) is 15.9. The fraction of sp³-hybridized carbons (Fsp3) is 0.851. The van der Waals surface area contributed by atoms with Crippen molar-refractivity contribution in [2.24, 2.45) is 0 Å². The first-order valence-corrected chi connectivity index (χ1v) is 23.7. The van der Waals surface area contributed by atoms with Crippen molar-refractivity contribution in [1.29, 1.82) is 0 Å². The minimum atomic E-state index is -0.102. The highest BCUT2D eigenvalue weighted by Gasteiger charge is 2.11. The van der Waals surface area contributed by atoms with Gasteiger partial charge in [0.25, 0.3) is 0 Å². The summed E-state index contributed by atoms with van der Waals surface area (Å²) < 4.78 is 11.1. The van der Waals surface area contributed by atoms with Crippen LogP contribution in [0.1, 0.15) is 213 Å². The van der Waals surface area contributed by atoms with E-state index in [9.17, 15) is 9.59 Å². The number of carbonyl (C=O) groups is 2. The van der Waals surface area contributed by atoms with Gasteiger partial charge in [-0.3, -0.25) is 9.59 Å². The van der Waals surface area contributed by atoms with Crippen LogP contribution in [0.4, 0.5) is 0 Å². The van der Waals surface area contributed by atoms with Crippen molar-refractivity contribution < 1.29 is 19.1 Å². The van der Waals surface area contributed by atoms with Crippen LogP contribution in [-0.2, 0) is 19.1 Å². The molecule has 0 aliphatic rings. The van der Waals surface area contributed by atoms with E-state index in [1.54, 1.807) is 0 Å². The Morgan fingerprint density at radius 2 is 0.855 bits per heavy atom. The van der Waals surface area contributed by atoms with Crippen LogP contribution >= 0.6 is 12.2 Å². The molecule has 0 amide bonds. The molecule has 0 saturated heterocycles. The Kier molecular flexibility index (Phi) is 43.2. The number of ether oxygens (including phenoxy) is 2. The van der Waals surface area contributed by atoms with Crippen molar-refractivity contribution in [2.75, 3.05) is 46.4 Å². The molecule has 0 unspecified atom stereocenters. The van der Waals surface area contributed by atoms with Crippen LogP contribution in [0.5, 0.6) is 0 Å². The van der Waals surface area contributed by atoms with Crippen LogP contribution in [0.15, 0.2) is 24.3 Å². The summed E-state index contributed by atoms with van der Waals surface area (Å²) in [5, 5.41) is 7.22. The molecule has 0 saturated carbocycles. The monoisotopic (exact) mass is 792 g/mol. The molecule has 0 aliphatic carbocycles. The van der Waals surface area contributed by atoms with E-state index >= 15 is 0 Å². The van der Waals surface area contributed by atoms with Crippen LogP contribution < -0.4 is 10.6 Å². The van der Waals surface area contributed by atoms with Gasteiger partial charge in [0.15, 0.2) is 5.11 Å². The molecule has 322 valence electrons. The number of allylic oxidation sites excluding steroid dienone is 4. The summed E-state index contributed by atoms with van der Waals surface area (Å²) in [4.78, 5) is 26.7. The summed E-state index contributed by atoms with van der Waals surface area (Å²) in [5.74, 6) is -0.204. The molecular weight excluding hydrogens is 703 g/mol. The van der Waals surface area contributed by atoms with Gasteiger partial charge in [-0.2, -0.15) is 0 Å². The summed E-state index contributed by atoms with van der Waals surface area (Å²) in [7, 11) is 1.95. The highest BCUT2D eigenvalue weighted by Crippen LogP contribution is 2.12. The molecule has 0 radical (unpaired) electrons. The van der Waals surface area contributed by atoms with Gasteiger partial charge in [0.05, 0.1) is 13.2 Å². The largest absolute Gasteiger partial charge is 0.466 e. The van der Waals surface area contributed by atoms with E-state index in [2.05, 4.69) is 53.7 Å². The van der Waals surface area contributed by atoms with Gasteiger partial charge >= 0.3 is 11.9 Å². The maximum Gasteiger partial charge on any atom is 0.305 e. The molecular formula is C47H89N3O4S. The molecule has 7 nitrogen and oxygen atoms in total. The fourth-order valence-corrected chi connectivity index (χ4v) is 6.88. The van der Waals surface area contributed by atoms with Crippen molar-refractivity contribution in [3.8, 4) is 0 Å². The summed E-state index contributed by atoms with van der Waals surface area (Å²) in [6.07, 6.45) is 45.2. The molecule has 0 rings (SSSR count). The highest BCUT2D eigenvalue weighted by molar-refractivity contribution is 7.80. The molecule has 2 N–H and O–H groups in total. The third-order valence-corrected chi connectivity index (χ3v) is 10.5. The van der Waals surface area contributed by atoms with E-state index in [0.717, 1.165) is 45.2 Å². The van der Waals surface area contributed by atoms with Gasteiger partial charge in [-0.25, -0.2) is 0 Å². The van der Waals surface area contributed by atoms with E-state index in [1.165, 1.54) is 141 Å². The summed E-state index contributed by atoms with van der Waals surface area (Å²) in [6.45, 7) is 8.44. The number of rotatable bonds is 42. The van der Waals surface area contributed by atoms with Crippen LogP contribution in [0.3, 0.4) is 0 Å². The average Bonchev–Trinajstić information content (AvgIpc) is 3.18. The minimum absolute atomic E-state index is 0.102. The van der Waals surface area contributed by atoms with Crippen molar-refractivity contribution in [1.82, 2.24) is 15.5 Å². The Labute approximate surface area is 346 Å². The topological polar surface area (TPSA) is 79.9 Å². The standard InChI is InChI=1S/C47H89N3O4S/c1-4-6-8-10-12-14-16-18-20-22-24-26-28-30-32-37-45(51)53-43-35-41-50(47(55)49-40-34-39-48-3)42-36-44-54-46(52)38-33-31-29-27-25-23-21-19-17-15-13-11-9-7-5-2/h18-21,48H,4-17,22-44H2,1-3H3,(H,49,55)/b20-18-,21-19-. The van der Waals surface area contributed by atoms with Gasteiger partial charge < -0.3 is 25.0 Å². The Bertz CT molecular complexity index is 853. The molecule has 0 aromatic carbocycles. The molecule has 0 aliphatic heterocycles. The Hall–Kier alpha value is -1.93. The van der Waals surface area contributed by atoms with Gasteiger partial charge in [-0.05, 0) is 109 Å². The molecule has 8 heteroatoms. The summed E-state index contributed by atoms with van der Waals surface area (Å²) >= 11 is 5.70. The average molecular weight is 792 g/mol.